The van der Waals surface area contributed by atoms with Crippen LogP contribution >= 0.6 is 0 Å². The van der Waals surface area contributed by atoms with Gasteiger partial charge in [0.2, 0.25) is 0 Å². The Morgan fingerprint density at radius 1 is 0.625 bits per heavy atom. The Balaban J connectivity index is 1.85. The molecule has 0 aliphatic rings. The van der Waals surface area contributed by atoms with Crippen molar-refractivity contribution in [2.45, 2.75) is 91.4 Å². The molecule has 0 N–H and O–H groups in total. The van der Waals surface area contributed by atoms with Crippen LogP contribution in [0.2, 0.25) is 0 Å². The van der Waals surface area contributed by atoms with Crippen LogP contribution in [0.1, 0.15) is 90.5 Å². The van der Waals surface area contributed by atoms with Gasteiger partial charge in [0, 0.05) is 21.5 Å². The fourth-order valence-corrected chi connectivity index (χ4v) is 4.66. The zero-order chi connectivity index (χ0) is 28.6. The molecule has 3 rings (SSSR count). The van der Waals surface area contributed by atoms with Crippen LogP contribution in [0.4, 0.5) is 9.59 Å². The zero-order valence-electron chi connectivity index (χ0n) is 24.1. The molecule has 6 heteroatoms. The van der Waals surface area contributed by atoms with Gasteiger partial charge in [-0.1, -0.05) is 102 Å². The van der Waals surface area contributed by atoms with E-state index in [2.05, 4.69) is 13.8 Å². The average molecular weight is 547 g/mol. The molecular weight excluding hydrogens is 504 g/mol. The lowest BCUT2D eigenvalue weighted by Crippen LogP contribution is -2.10. The Hall–Kier alpha value is -3.80. The Labute approximate surface area is 237 Å². The summed E-state index contributed by atoms with van der Waals surface area (Å²) in [6.45, 7) is 6.36. The molecule has 6 nitrogen and oxygen atoms in total. The molecule has 0 aliphatic heterocycles. The number of hydrogen-bond donors (Lipinski definition) is 0. The molecule has 0 saturated carbocycles. The maximum absolute atomic E-state index is 12.7. The lowest BCUT2D eigenvalue weighted by molar-refractivity contribution is 0.134. The first-order chi connectivity index (χ1) is 19.6. The number of hydrogen-bond acceptors (Lipinski definition) is 6. The first-order valence-corrected chi connectivity index (χ1v) is 14.6. The normalized spacial score (nSPS) is 11.5. The van der Waals surface area contributed by atoms with E-state index in [0.29, 0.717) is 39.5 Å². The van der Waals surface area contributed by atoms with E-state index in [-0.39, 0.29) is 0 Å². The number of benzene rings is 3. The van der Waals surface area contributed by atoms with Crippen molar-refractivity contribution >= 4 is 33.9 Å². The third-order valence-corrected chi connectivity index (χ3v) is 6.76. The quantitative estimate of drug-likeness (QED) is 0.0621. The highest BCUT2D eigenvalue weighted by atomic mass is 16.7. The van der Waals surface area contributed by atoms with Crippen LogP contribution in [0, 0.1) is 0 Å². The van der Waals surface area contributed by atoms with Crippen molar-refractivity contribution in [3.05, 3.63) is 72.7 Å². The number of carbonyl (C=O) groups is 2. The molecule has 0 fully saturated rings. The lowest BCUT2D eigenvalue weighted by Gasteiger charge is -2.17. The van der Waals surface area contributed by atoms with Gasteiger partial charge >= 0.3 is 12.3 Å². The highest BCUT2D eigenvalue weighted by Gasteiger charge is 2.22. The van der Waals surface area contributed by atoms with E-state index >= 15 is 0 Å². The second-order valence-corrected chi connectivity index (χ2v) is 9.78. The largest absolute Gasteiger partial charge is 0.518 e. The number of ether oxygens (including phenoxy) is 4. The van der Waals surface area contributed by atoms with Crippen LogP contribution < -0.4 is 9.47 Å². The highest BCUT2D eigenvalue weighted by molar-refractivity contribution is 6.13. The van der Waals surface area contributed by atoms with Crippen molar-refractivity contribution in [3.8, 4) is 11.5 Å². The van der Waals surface area contributed by atoms with Crippen molar-refractivity contribution in [1.82, 2.24) is 0 Å². The summed E-state index contributed by atoms with van der Waals surface area (Å²) in [7, 11) is 0. The van der Waals surface area contributed by atoms with Crippen LogP contribution in [0.15, 0.2) is 67.1 Å². The molecule has 0 heterocycles. The SMILES string of the molecule is CCCCCC/C=C/OC(=O)Oc1c2ccccc2c(OC(=O)O/C=C/CCCCCC)c2c(CC)cccc12. The van der Waals surface area contributed by atoms with Gasteiger partial charge < -0.3 is 18.9 Å². The first-order valence-electron chi connectivity index (χ1n) is 14.6. The predicted octanol–water partition coefficient (Wildman–Crippen LogP) is 10.6. The van der Waals surface area contributed by atoms with Gasteiger partial charge in [0.25, 0.3) is 0 Å². The summed E-state index contributed by atoms with van der Waals surface area (Å²) in [6, 6.07) is 13.1. The Morgan fingerprint density at radius 3 is 1.70 bits per heavy atom. The molecule has 0 radical (unpaired) electrons. The number of aryl methyl sites for hydroxylation is 1. The highest BCUT2D eigenvalue weighted by Crippen LogP contribution is 2.44. The van der Waals surface area contributed by atoms with Crippen molar-refractivity contribution in [3.63, 3.8) is 0 Å². The topological polar surface area (TPSA) is 71.1 Å². The van der Waals surface area contributed by atoms with Gasteiger partial charge in [0.15, 0.2) is 5.75 Å². The first kappa shape index (κ1) is 30.7. The number of unbranched alkanes of at least 4 members (excludes halogenated alkanes) is 8. The summed E-state index contributed by atoms with van der Waals surface area (Å²) < 4.78 is 22.1. The molecule has 0 aromatic heterocycles. The van der Waals surface area contributed by atoms with Gasteiger partial charge in [-0.3, -0.25) is 0 Å². The van der Waals surface area contributed by atoms with E-state index in [9.17, 15) is 9.59 Å². The third-order valence-electron chi connectivity index (χ3n) is 6.76. The van der Waals surface area contributed by atoms with Gasteiger partial charge in [-0.05, 0) is 49.8 Å². The van der Waals surface area contributed by atoms with Crippen molar-refractivity contribution in [2.24, 2.45) is 0 Å². The molecule has 0 spiro atoms. The smallest absolute Gasteiger partial charge is 0.403 e. The van der Waals surface area contributed by atoms with Crippen LogP contribution in [0.5, 0.6) is 11.5 Å². The van der Waals surface area contributed by atoms with Crippen molar-refractivity contribution < 1.29 is 28.5 Å². The van der Waals surface area contributed by atoms with Crippen molar-refractivity contribution in [1.29, 1.82) is 0 Å². The number of rotatable bonds is 15. The maximum atomic E-state index is 12.7. The zero-order valence-corrected chi connectivity index (χ0v) is 24.1. The van der Waals surface area contributed by atoms with E-state index < -0.39 is 12.3 Å². The molecule has 3 aromatic rings. The Morgan fingerprint density at radius 2 is 1.15 bits per heavy atom. The number of allylic oxidation sites excluding steroid dienone is 2. The summed E-state index contributed by atoms with van der Waals surface area (Å²) >= 11 is 0. The third kappa shape index (κ3) is 8.87. The van der Waals surface area contributed by atoms with Crippen LogP contribution in [0.25, 0.3) is 21.5 Å². The van der Waals surface area contributed by atoms with Crippen molar-refractivity contribution in [2.75, 3.05) is 0 Å². The van der Waals surface area contributed by atoms with Gasteiger partial charge in [0.05, 0.1) is 12.5 Å². The molecule has 0 saturated heterocycles. The molecular formula is C34H42O6. The van der Waals surface area contributed by atoms with E-state index in [4.69, 9.17) is 18.9 Å². The maximum Gasteiger partial charge on any atom is 0.518 e. The lowest BCUT2D eigenvalue weighted by atomic mass is 9.96. The van der Waals surface area contributed by atoms with Crippen LogP contribution in [-0.4, -0.2) is 12.3 Å². The van der Waals surface area contributed by atoms with Gasteiger partial charge in [-0.15, -0.1) is 0 Å². The second-order valence-electron chi connectivity index (χ2n) is 9.78. The molecule has 214 valence electrons. The monoisotopic (exact) mass is 546 g/mol. The molecule has 0 bridgehead atoms. The van der Waals surface area contributed by atoms with E-state index in [1.54, 1.807) is 0 Å². The number of fused-ring (bicyclic) bond motifs is 2. The van der Waals surface area contributed by atoms with E-state index in [1.807, 2.05) is 61.5 Å². The van der Waals surface area contributed by atoms with Gasteiger partial charge in [-0.25, -0.2) is 9.59 Å². The van der Waals surface area contributed by atoms with E-state index in [0.717, 1.165) is 44.1 Å². The summed E-state index contributed by atoms with van der Waals surface area (Å²) in [5.41, 5.74) is 0.947. The van der Waals surface area contributed by atoms with Gasteiger partial charge in [0.1, 0.15) is 5.75 Å². The minimum Gasteiger partial charge on any atom is -0.403 e. The standard InChI is InChI=1S/C34H42O6/c1-4-7-9-11-13-17-24-37-33(35)39-31-27-21-15-16-22-28(27)32(30-26(6-3)20-19-23-29(30)31)40-34(36)38-25-18-14-12-10-8-5-2/h15-25H,4-14H2,1-3H3/b24-17+,25-18+. The van der Waals surface area contributed by atoms with Crippen LogP contribution in [-0.2, 0) is 15.9 Å². The fourth-order valence-electron chi connectivity index (χ4n) is 4.66. The summed E-state index contributed by atoms with van der Waals surface area (Å²) in [4.78, 5) is 25.4. The molecule has 3 aromatic carbocycles. The Kier molecular flexibility index (Phi) is 13.1. The molecule has 0 atom stereocenters. The predicted molar refractivity (Wildman–Crippen MR) is 161 cm³/mol. The molecule has 0 aliphatic carbocycles. The number of carbonyl (C=O) groups excluding carboxylic acids is 2. The van der Waals surface area contributed by atoms with Crippen LogP contribution in [0.3, 0.4) is 0 Å². The van der Waals surface area contributed by atoms with Gasteiger partial charge in [-0.2, -0.15) is 0 Å². The molecule has 0 unspecified atom stereocenters. The minimum absolute atomic E-state index is 0.356. The second kappa shape index (κ2) is 17.0. The molecule has 0 amide bonds. The fraction of sp³-hybridized carbons (Fsp3) is 0.412. The minimum atomic E-state index is -0.824. The Bertz CT molecular complexity index is 1310. The summed E-state index contributed by atoms with van der Waals surface area (Å²) in [5.74, 6) is 0.729. The average Bonchev–Trinajstić information content (AvgIpc) is 2.97. The summed E-state index contributed by atoms with van der Waals surface area (Å²) in [6.07, 6.45) is 16.3. The van der Waals surface area contributed by atoms with E-state index in [1.165, 1.54) is 38.2 Å². The molecule has 40 heavy (non-hydrogen) atoms. The summed E-state index contributed by atoms with van der Waals surface area (Å²) in [5, 5.41) is 2.59.